The molecule has 112 valence electrons. The van der Waals surface area contributed by atoms with Crippen LogP contribution in [0.2, 0.25) is 34.5 Å². The molecule has 0 aromatic rings. The van der Waals surface area contributed by atoms with Crippen molar-refractivity contribution in [1.29, 1.82) is 0 Å². The van der Waals surface area contributed by atoms with Crippen LogP contribution in [0.3, 0.4) is 0 Å². The summed E-state index contributed by atoms with van der Waals surface area (Å²) in [6.45, 7) is 10.7. The van der Waals surface area contributed by atoms with E-state index in [1.54, 1.807) is 5.20 Å². The zero-order valence-electron chi connectivity index (χ0n) is 14.2. The van der Waals surface area contributed by atoms with Crippen molar-refractivity contribution in [2.75, 3.05) is 6.61 Å². The summed E-state index contributed by atoms with van der Waals surface area (Å²) >= 11 is -2.11. The Morgan fingerprint density at radius 2 is 1.58 bits per heavy atom. The van der Waals surface area contributed by atoms with Crippen molar-refractivity contribution in [3.8, 4) is 0 Å². The Balaban J connectivity index is 2.76. The first-order valence-corrected chi connectivity index (χ1v) is 21.5. The van der Waals surface area contributed by atoms with Gasteiger partial charge in [0.25, 0.3) is 0 Å². The summed E-state index contributed by atoms with van der Waals surface area (Å²) in [5.41, 5.74) is 0. The molecule has 1 rings (SSSR count). The molecule has 0 aromatic heterocycles. The van der Waals surface area contributed by atoms with Gasteiger partial charge in [0, 0.05) is 0 Å². The Kier molecular flexibility index (Phi) is 6.50. The van der Waals surface area contributed by atoms with Crippen molar-refractivity contribution in [2.24, 2.45) is 5.92 Å². The van der Waals surface area contributed by atoms with Crippen LogP contribution in [0.1, 0.15) is 39.0 Å². The molecule has 3 heteroatoms. The Bertz CT molecular complexity index is 317. The summed E-state index contributed by atoms with van der Waals surface area (Å²) in [6, 6.07) is 0. The van der Waals surface area contributed by atoms with Crippen LogP contribution >= 0.6 is 0 Å². The van der Waals surface area contributed by atoms with Gasteiger partial charge >= 0.3 is 126 Å². The number of hydrogen-bond donors (Lipinski definition) is 0. The molecule has 0 aliphatic heterocycles. The van der Waals surface area contributed by atoms with Crippen molar-refractivity contribution in [2.45, 2.75) is 73.5 Å². The number of hydrogen-bond acceptors (Lipinski definition) is 1. The Labute approximate surface area is 126 Å². The predicted molar refractivity (Wildman–Crippen MR) is 91.9 cm³/mol. The van der Waals surface area contributed by atoms with Crippen LogP contribution in [-0.2, 0) is 4.74 Å². The monoisotopic (exact) mass is 390 g/mol. The summed E-state index contributed by atoms with van der Waals surface area (Å²) in [7, 11) is -1.21. The third kappa shape index (κ3) is 5.82. The minimum absolute atomic E-state index is 0.826. The molecule has 0 unspecified atom stereocenters. The van der Waals surface area contributed by atoms with Gasteiger partial charge < -0.3 is 0 Å². The fourth-order valence-electron chi connectivity index (χ4n) is 2.78. The molecule has 0 heterocycles. The molecular formula is C16H34OSiSn. The van der Waals surface area contributed by atoms with Crippen LogP contribution in [0.25, 0.3) is 0 Å². The van der Waals surface area contributed by atoms with Crippen molar-refractivity contribution in [3.63, 3.8) is 0 Å². The van der Waals surface area contributed by atoms with Gasteiger partial charge in [0.05, 0.1) is 0 Å². The molecule has 0 N–H and O–H groups in total. The number of rotatable bonds is 5. The summed E-state index contributed by atoms with van der Waals surface area (Å²) in [6.07, 6.45) is 7.04. The molecular weight excluding hydrogens is 355 g/mol. The first-order valence-electron chi connectivity index (χ1n) is 7.97. The van der Waals surface area contributed by atoms with Crippen molar-refractivity contribution in [3.05, 3.63) is 8.97 Å². The van der Waals surface area contributed by atoms with E-state index < -0.39 is 26.5 Å². The van der Waals surface area contributed by atoms with Crippen LogP contribution < -0.4 is 0 Å². The molecule has 0 atom stereocenters. The van der Waals surface area contributed by atoms with Gasteiger partial charge in [-0.1, -0.05) is 0 Å². The fourth-order valence-corrected chi connectivity index (χ4v) is 13.9. The molecule has 0 saturated heterocycles. The van der Waals surface area contributed by atoms with Crippen molar-refractivity contribution >= 4 is 26.5 Å². The molecule has 0 radical (unpaired) electrons. The Hall–Kier alpha value is 0.556. The van der Waals surface area contributed by atoms with E-state index in [1.165, 1.54) is 35.9 Å². The van der Waals surface area contributed by atoms with Crippen LogP contribution in [0, 0.1) is 5.92 Å². The normalized spacial score (nSPS) is 20.2. The first kappa shape index (κ1) is 17.6. The average Bonchev–Trinajstić information content (AvgIpc) is 2.27. The van der Waals surface area contributed by atoms with E-state index in [4.69, 9.17) is 4.74 Å². The summed E-state index contributed by atoms with van der Waals surface area (Å²) in [5.74, 6) is 0.826. The van der Waals surface area contributed by atoms with Crippen LogP contribution in [0.4, 0.5) is 0 Å². The zero-order chi connectivity index (χ0) is 14.7. The van der Waals surface area contributed by atoms with Crippen LogP contribution in [0.15, 0.2) is 8.97 Å². The second kappa shape index (κ2) is 7.01. The van der Waals surface area contributed by atoms with Gasteiger partial charge in [-0.15, -0.1) is 0 Å². The number of ether oxygens (including phenoxy) is 1. The summed E-state index contributed by atoms with van der Waals surface area (Å²) in [5, 5.41) is 1.63. The quantitative estimate of drug-likeness (QED) is 0.439. The average molecular weight is 389 g/mol. The maximum absolute atomic E-state index is 6.44. The minimum atomic E-state index is -2.11. The van der Waals surface area contributed by atoms with Crippen LogP contribution in [-0.4, -0.2) is 33.1 Å². The van der Waals surface area contributed by atoms with Gasteiger partial charge in [0.15, 0.2) is 0 Å². The Morgan fingerprint density at radius 3 is 2.00 bits per heavy atom. The molecule has 0 aromatic carbocycles. The van der Waals surface area contributed by atoms with Gasteiger partial charge in [-0.3, -0.25) is 0 Å². The molecule has 1 nitrogen and oxygen atoms in total. The molecule has 19 heavy (non-hydrogen) atoms. The van der Waals surface area contributed by atoms with E-state index in [9.17, 15) is 0 Å². The van der Waals surface area contributed by atoms with Gasteiger partial charge in [-0.05, 0) is 0 Å². The molecule has 1 aliphatic carbocycles. The van der Waals surface area contributed by atoms with E-state index in [-0.39, 0.29) is 0 Å². The standard InChI is InChI=1S/C13H25OSi.3CH3.Sn/c1-12(15(2,3)4)10-14-11-13-8-6-5-7-9-13;;;;/h13H,5-9,11H2,1-4H3;3*1H3;. The van der Waals surface area contributed by atoms with E-state index in [2.05, 4.69) is 41.4 Å². The molecule has 1 saturated carbocycles. The van der Waals surface area contributed by atoms with E-state index >= 15 is 0 Å². The Morgan fingerprint density at radius 1 is 1.05 bits per heavy atom. The third-order valence-electron chi connectivity index (χ3n) is 4.33. The van der Waals surface area contributed by atoms with Crippen LogP contribution in [0.5, 0.6) is 0 Å². The van der Waals surface area contributed by atoms with E-state index in [1.807, 2.05) is 0 Å². The van der Waals surface area contributed by atoms with Gasteiger partial charge in [-0.2, -0.15) is 0 Å². The van der Waals surface area contributed by atoms with E-state index in [0.29, 0.717) is 0 Å². The molecule has 0 amide bonds. The van der Waals surface area contributed by atoms with Gasteiger partial charge in [0.2, 0.25) is 0 Å². The fraction of sp³-hybridized carbons (Fsp3) is 0.875. The molecule has 1 fully saturated rings. The molecule has 1 aliphatic rings. The zero-order valence-corrected chi connectivity index (χ0v) is 18.1. The molecule has 0 spiro atoms. The predicted octanol–water partition coefficient (Wildman–Crippen LogP) is 5.61. The second-order valence-corrected chi connectivity index (χ2v) is 27.7. The SMILES string of the molecule is C/C(=[C](\OCC1CCCCC1)[Sn]([CH3])([CH3])[CH3])[Si](C)(C)C. The third-order valence-corrected chi connectivity index (χ3v) is 12.9. The maximum atomic E-state index is 6.44. The van der Waals surface area contributed by atoms with Crippen molar-refractivity contribution < 1.29 is 4.74 Å². The topological polar surface area (TPSA) is 9.23 Å². The number of allylic oxidation sites excluding steroid dienone is 1. The summed E-state index contributed by atoms with van der Waals surface area (Å²) < 4.78 is 7.93. The van der Waals surface area contributed by atoms with Gasteiger partial charge in [-0.25, -0.2) is 0 Å². The first-order chi connectivity index (χ1) is 8.62. The van der Waals surface area contributed by atoms with Gasteiger partial charge in [0.1, 0.15) is 0 Å². The molecule has 0 bridgehead atoms. The second-order valence-electron chi connectivity index (χ2n) is 8.27. The van der Waals surface area contributed by atoms with Crippen molar-refractivity contribution in [1.82, 2.24) is 0 Å². The summed E-state index contributed by atoms with van der Waals surface area (Å²) in [4.78, 5) is 7.48. The van der Waals surface area contributed by atoms with E-state index in [0.717, 1.165) is 12.5 Å².